The number of carbonyl (C=O) groups excluding carboxylic acids is 11. The van der Waals surface area contributed by atoms with E-state index >= 15 is 0 Å². The molecule has 130 heavy (non-hydrogen) atoms. The molecule has 10 aromatic carbocycles. The number of fused-ring (bicyclic) bond motifs is 10. The Morgan fingerprint density at radius 2 is 0.438 bits per heavy atom. The van der Waals surface area contributed by atoms with Gasteiger partial charge in [0.05, 0.1) is 28.4 Å². The van der Waals surface area contributed by atoms with Crippen LogP contribution in [-0.4, -0.2) is 118 Å². The molecule has 0 radical (unpaired) electrons. The zero-order valence-corrected chi connectivity index (χ0v) is 72.5. The number of nitrogens with one attached hydrogen (secondary N) is 10. The van der Waals surface area contributed by atoms with Crippen LogP contribution in [-0.2, 0) is 28.8 Å². The van der Waals surface area contributed by atoms with Crippen molar-refractivity contribution < 1.29 is 98.5 Å². The Morgan fingerprint density at radius 1 is 0.269 bits per heavy atom. The van der Waals surface area contributed by atoms with E-state index in [1.165, 1.54) is 4.90 Å². The molecule has 660 valence electrons. The van der Waals surface area contributed by atoms with Crippen molar-refractivity contribution in [1.82, 2.24) is 4.90 Å². The van der Waals surface area contributed by atoms with E-state index in [2.05, 4.69) is 53.2 Å². The van der Waals surface area contributed by atoms with E-state index in [1.807, 2.05) is 160 Å². The molecule has 10 N–H and O–H groups in total. The molecule has 0 saturated heterocycles. The number of amides is 11. The van der Waals surface area contributed by atoms with Crippen molar-refractivity contribution in [2.75, 3.05) is 100 Å². The van der Waals surface area contributed by atoms with Gasteiger partial charge in [0.1, 0.15) is 56.7 Å². The number of hydrogen-bond donors (Lipinski definition) is 10. The molecule has 0 atom stereocenters. The largest absolute Gasteiger partial charge is 0.482 e. The molecule has 0 saturated carbocycles. The number of anilines is 10. The normalized spacial score (nSPS) is 12.9. The summed E-state index contributed by atoms with van der Waals surface area (Å²) in [6.07, 6.45) is 0.750. The third-order valence-electron chi connectivity index (χ3n) is 21.1. The SMILES string of the molecule is CN(C)C=O.Cc1ccc2c(C)c(C(=O)Nc3ccc4c(c3)NC(=O)CO4)oc2c1.Cc1ccc2c(C)c(C(=O)Nc3ccc4c(c3)NC(=O)CO4)oc2c1.Cc1ccc2c(C)c(C(=O)Nc3ccc4c(c3)NC(=O)CO4)oc2c1.Cc1ccc2c(C)c(C(=O)Nc3ccc4c(c3)NC(=O)CO4)oc2c1.Cc1ccc2c(C)c(C(=O)Nc3ccc4c(c3)NC(=O)CO4)oc2c1. The summed E-state index contributed by atoms with van der Waals surface area (Å²) in [5.41, 5.74) is 18.2. The summed E-state index contributed by atoms with van der Waals surface area (Å²) in [5.74, 6) is 1.46. The van der Waals surface area contributed by atoms with Gasteiger partial charge in [-0.05, 0) is 218 Å². The van der Waals surface area contributed by atoms with Crippen molar-refractivity contribution in [2.45, 2.75) is 69.2 Å². The Balaban J connectivity index is 0.000000123. The van der Waals surface area contributed by atoms with Gasteiger partial charge in [-0.1, -0.05) is 60.7 Å². The van der Waals surface area contributed by atoms with Crippen molar-refractivity contribution in [1.29, 1.82) is 0 Å². The van der Waals surface area contributed by atoms with Crippen LogP contribution >= 0.6 is 0 Å². The smallest absolute Gasteiger partial charge is 0.291 e. The summed E-state index contributed by atoms with van der Waals surface area (Å²) in [5, 5.41) is 32.2. The third-order valence-corrected chi connectivity index (χ3v) is 21.1. The van der Waals surface area contributed by atoms with Crippen LogP contribution in [0.1, 0.15) is 108 Å². The maximum absolute atomic E-state index is 12.6. The van der Waals surface area contributed by atoms with Crippen molar-refractivity contribution >= 4 is 177 Å². The number of nitrogens with zero attached hydrogens (tertiary/aromatic N) is 1. The predicted molar refractivity (Wildman–Crippen MR) is 491 cm³/mol. The second-order valence-electron chi connectivity index (χ2n) is 31.4. The van der Waals surface area contributed by atoms with Crippen molar-refractivity contribution in [3.8, 4) is 28.7 Å². The lowest BCUT2D eigenvalue weighted by molar-refractivity contribution is -0.119. The van der Waals surface area contributed by atoms with E-state index in [0.717, 1.165) is 89.0 Å². The first kappa shape index (κ1) is 88.0. The summed E-state index contributed by atoms with van der Waals surface area (Å²) in [6, 6.07) is 54.6. The van der Waals surface area contributed by atoms with Crippen LogP contribution in [0.5, 0.6) is 28.7 Å². The minimum atomic E-state index is -0.339. The topological polar surface area (TPSA) is 423 Å². The molecule has 5 aliphatic rings. The monoisotopic (exact) mass is 1750 g/mol. The van der Waals surface area contributed by atoms with Crippen molar-refractivity contribution in [2.24, 2.45) is 0 Å². The van der Waals surface area contributed by atoms with E-state index in [9.17, 15) is 52.7 Å². The highest BCUT2D eigenvalue weighted by Gasteiger charge is 2.28. The highest BCUT2D eigenvalue weighted by molar-refractivity contribution is 6.12. The van der Waals surface area contributed by atoms with E-state index < -0.39 is 0 Å². The molecule has 32 heteroatoms. The van der Waals surface area contributed by atoms with Crippen LogP contribution in [0.2, 0.25) is 0 Å². The van der Waals surface area contributed by atoms with Crippen molar-refractivity contribution in [3.63, 3.8) is 0 Å². The number of aryl methyl sites for hydroxylation is 10. The lowest BCUT2D eigenvalue weighted by Gasteiger charge is -2.18. The first-order valence-electron chi connectivity index (χ1n) is 40.8. The fourth-order valence-electron chi connectivity index (χ4n) is 14.5. The van der Waals surface area contributed by atoms with Gasteiger partial charge in [-0.15, -0.1) is 0 Å². The van der Waals surface area contributed by atoms with Gasteiger partial charge in [-0.3, -0.25) is 52.7 Å². The Morgan fingerprint density at radius 3 is 0.600 bits per heavy atom. The predicted octanol–water partition coefficient (Wildman–Crippen LogP) is 17.9. The molecule has 0 unspecified atom stereocenters. The number of ether oxygens (including phenoxy) is 5. The Labute approximate surface area is 741 Å². The highest BCUT2D eigenvalue weighted by Crippen LogP contribution is 2.39. The Hall–Kier alpha value is -16.9. The van der Waals surface area contributed by atoms with Gasteiger partial charge < -0.3 is 104 Å². The van der Waals surface area contributed by atoms with Gasteiger partial charge >= 0.3 is 0 Å². The van der Waals surface area contributed by atoms with Crippen LogP contribution in [0.3, 0.4) is 0 Å². The molecule has 11 amide bonds. The maximum atomic E-state index is 12.6. The number of furan rings is 5. The minimum absolute atomic E-state index is 0.00367. The second kappa shape index (κ2) is 37.5. The summed E-state index contributed by atoms with van der Waals surface area (Å²) in [7, 11) is 3.38. The first-order chi connectivity index (χ1) is 62.3. The fourth-order valence-corrected chi connectivity index (χ4v) is 14.5. The molecule has 15 aromatic rings. The van der Waals surface area contributed by atoms with Gasteiger partial charge in [0.15, 0.2) is 61.8 Å². The van der Waals surface area contributed by atoms with E-state index in [-0.39, 0.29) is 121 Å². The van der Waals surface area contributed by atoms with Crippen LogP contribution in [0.25, 0.3) is 54.8 Å². The molecule has 5 aliphatic heterocycles. The summed E-state index contributed by atoms with van der Waals surface area (Å²) >= 11 is 0. The number of carbonyl (C=O) groups is 11. The summed E-state index contributed by atoms with van der Waals surface area (Å²) < 4.78 is 55.2. The van der Waals surface area contributed by atoms with Gasteiger partial charge in [0.2, 0.25) is 6.41 Å². The Kier molecular flexibility index (Phi) is 25.4. The first-order valence-corrected chi connectivity index (χ1v) is 40.8. The van der Waals surface area contributed by atoms with Gasteiger partial charge in [-0.25, -0.2) is 0 Å². The molecule has 0 spiro atoms. The molecule has 0 fully saturated rings. The highest BCUT2D eigenvalue weighted by atomic mass is 16.5. The Bertz CT molecular complexity index is 6180. The lowest BCUT2D eigenvalue weighted by atomic mass is 10.1. The molecule has 5 aromatic heterocycles. The molecular formula is C98H87N11O21. The molecule has 10 heterocycles. The van der Waals surface area contributed by atoms with E-state index in [0.29, 0.717) is 114 Å². The molecular weight excluding hydrogens is 1670 g/mol. The molecule has 0 bridgehead atoms. The summed E-state index contributed by atoms with van der Waals surface area (Å²) in [4.78, 5) is 131. The second-order valence-corrected chi connectivity index (χ2v) is 31.4. The molecule has 32 nitrogen and oxygen atoms in total. The number of rotatable bonds is 11. The van der Waals surface area contributed by atoms with Gasteiger partial charge in [0.25, 0.3) is 59.1 Å². The third kappa shape index (κ3) is 19.9. The lowest BCUT2D eigenvalue weighted by Crippen LogP contribution is -2.25. The maximum Gasteiger partial charge on any atom is 0.291 e. The quantitative estimate of drug-likeness (QED) is 0.0538. The van der Waals surface area contributed by atoms with Crippen LogP contribution in [0.4, 0.5) is 56.9 Å². The molecule has 20 rings (SSSR count). The fraction of sp³-hybridized carbons (Fsp3) is 0.173. The van der Waals surface area contributed by atoms with Crippen LogP contribution in [0, 0.1) is 69.2 Å². The zero-order chi connectivity index (χ0) is 92.0. The number of hydrogen-bond acceptors (Lipinski definition) is 21. The average Bonchev–Trinajstić information content (AvgIpc) is 1.67. The van der Waals surface area contributed by atoms with Crippen LogP contribution < -0.4 is 76.9 Å². The van der Waals surface area contributed by atoms with Crippen LogP contribution in [0.15, 0.2) is 204 Å². The van der Waals surface area contributed by atoms with Crippen molar-refractivity contribution in [3.05, 3.63) is 266 Å². The zero-order valence-electron chi connectivity index (χ0n) is 72.5. The van der Waals surface area contributed by atoms with Gasteiger partial charge in [-0.2, -0.15) is 0 Å². The summed E-state index contributed by atoms with van der Waals surface area (Å²) in [6.45, 7) is 19.1. The minimum Gasteiger partial charge on any atom is -0.482 e. The van der Waals surface area contributed by atoms with E-state index in [1.54, 1.807) is 105 Å². The van der Waals surface area contributed by atoms with Gasteiger partial charge in [0, 0.05) is 97.3 Å². The number of benzene rings is 10. The van der Waals surface area contributed by atoms with E-state index in [4.69, 9.17) is 45.8 Å². The molecule has 0 aliphatic carbocycles. The standard InChI is InChI=1S/5C19H16N2O4.C3H7NO/c5*1-10-3-5-13-11(2)18(25-16(13)7-10)19(23)20-12-4-6-15-14(8-12)21-17(22)9-24-15;1-4(2)3-5/h5*3-8H,9H2,1-2H3,(H,20,23)(H,21,22);3H,1-2H3. The average molecular weight is 1750 g/mol.